The summed E-state index contributed by atoms with van der Waals surface area (Å²) in [7, 11) is 1.69. The summed E-state index contributed by atoms with van der Waals surface area (Å²) in [5.41, 5.74) is 1.59. The molecule has 0 unspecified atom stereocenters. The quantitative estimate of drug-likeness (QED) is 0.878. The second kappa shape index (κ2) is 6.11. The molecule has 1 heterocycles. The van der Waals surface area contributed by atoms with Gasteiger partial charge in [-0.15, -0.1) is 0 Å². The van der Waals surface area contributed by atoms with Crippen molar-refractivity contribution in [1.82, 2.24) is 14.5 Å². The third-order valence-electron chi connectivity index (χ3n) is 5.05. The predicted octanol–water partition coefficient (Wildman–Crippen LogP) is 2.46. The highest BCUT2D eigenvalue weighted by molar-refractivity contribution is 6.39. The molecule has 1 atom stereocenters. The van der Waals surface area contributed by atoms with Gasteiger partial charge >= 0.3 is 11.8 Å². The highest BCUT2D eigenvalue weighted by Crippen LogP contribution is 2.49. The molecule has 1 aromatic carbocycles. The Balaban J connectivity index is 1.68. The molecule has 1 aliphatic carbocycles. The maximum Gasteiger partial charge on any atom is 0.313 e. The Labute approximate surface area is 141 Å². The van der Waals surface area contributed by atoms with Gasteiger partial charge in [-0.1, -0.05) is 13.0 Å². The fourth-order valence-electron chi connectivity index (χ4n) is 2.76. The SMILES string of the molecule is C[C@@H](N(C)C(=O)C(=O)Nc1cccc(-n2ccnc2)c1)C1(C)CC1. The van der Waals surface area contributed by atoms with Crippen LogP contribution in [0, 0.1) is 5.41 Å². The molecule has 0 saturated heterocycles. The van der Waals surface area contributed by atoms with E-state index in [1.54, 1.807) is 36.6 Å². The third kappa shape index (κ3) is 3.18. The summed E-state index contributed by atoms with van der Waals surface area (Å²) in [6, 6.07) is 7.34. The molecular weight excluding hydrogens is 304 g/mol. The lowest BCUT2D eigenvalue weighted by Crippen LogP contribution is -2.45. The van der Waals surface area contributed by atoms with Gasteiger partial charge in [0.2, 0.25) is 0 Å². The molecule has 2 aromatic rings. The Kier molecular flexibility index (Phi) is 4.13. The van der Waals surface area contributed by atoms with Crippen molar-refractivity contribution in [1.29, 1.82) is 0 Å². The second-order valence-corrected chi connectivity index (χ2v) is 6.72. The summed E-state index contributed by atoms with van der Waals surface area (Å²) >= 11 is 0. The van der Waals surface area contributed by atoms with Gasteiger partial charge in [-0.2, -0.15) is 0 Å². The number of amides is 2. The largest absolute Gasteiger partial charge is 0.334 e. The topological polar surface area (TPSA) is 67.2 Å². The molecule has 1 saturated carbocycles. The van der Waals surface area contributed by atoms with Gasteiger partial charge in [-0.3, -0.25) is 9.59 Å². The minimum absolute atomic E-state index is 0.0491. The smallest absolute Gasteiger partial charge is 0.313 e. The zero-order valence-electron chi connectivity index (χ0n) is 14.2. The number of carbonyl (C=O) groups excluding carboxylic acids is 2. The van der Waals surface area contributed by atoms with E-state index in [0.29, 0.717) is 5.69 Å². The van der Waals surface area contributed by atoms with E-state index in [4.69, 9.17) is 0 Å². The van der Waals surface area contributed by atoms with Crippen molar-refractivity contribution < 1.29 is 9.59 Å². The molecule has 126 valence electrons. The van der Waals surface area contributed by atoms with Crippen molar-refractivity contribution >= 4 is 17.5 Å². The average molecular weight is 326 g/mol. The molecule has 1 aliphatic rings. The summed E-state index contributed by atoms with van der Waals surface area (Å²) in [4.78, 5) is 30.2. The Morgan fingerprint density at radius 1 is 1.38 bits per heavy atom. The van der Waals surface area contributed by atoms with E-state index >= 15 is 0 Å². The first kappa shape index (κ1) is 16.2. The number of benzene rings is 1. The van der Waals surface area contributed by atoms with Crippen molar-refractivity contribution in [2.24, 2.45) is 5.41 Å². The van der Waals surface area contributed by atoms with Gasteiger partial charge in [-0.25, -0.2) is 4.98 Å². The Morgan fingerprint density at radius 2 is 2.12 bits per heavy atom. The molecule has 3 rings (SSSR count). The Bertz CT molecular complexity index is 750. The molecule has 0 radical (unpaired) electrons. The van der Waals surface area contributed by atoms with Crippen LogP contribution in [0.5, 0.6) is 0 Å². The molecule has 0 spiro atoms. The number of likely N-dealkylation sites (N-methyl/N-ethyl adjacent to an activating group) is 1. The standard InChI is InChI=1S/C18H22N4O2/c1-13(18(2)7-8-18)21(3)17(24)16(23)20-14-5-4-6-15(11-14)22-10-9-19-12-22/h4-6,9-13H,7-8H2,1-3H3,(H,20,23)/t13-/m1/s1. The third-order valence-corrected chi connectivity index (χ3v) is 5.05. The van der Waals surface area contributed by atoms with Crippen LogP contribution in [-0.4, -0.2) is 39.4 Å². The lowest BCUT2D eigenvalue weighted by Gasteiger charge is -2.29. The summed E-state index contributed by atoms with van der Waals surface area (Å²) in [5, 5.41) is 2.69. The van der Waals surface area contributed by atoms with Crippen LogP contribution < -0.4 is 5.32 Å². The van der Waals surface area contributed by atoms with Crippen molar-refractivity contribution in [3.05, 3.63) is 43.0 Å². The van der Waals surface area contributed by atoms with E-state index in [1.807, 2.05) is 29.8 Å². The highest BCUT2D eigenvalue weighted by atomic mass is 16.2. The number of hydrogen-bond acceptors (Lipinski definition) is 3. The second-order valence-electron chi connectivity index (χ2n) is 6.72. The summed E-state index contributed by atoms with van der Waals surface area (Å²) in [6.45, 7) is 4.14. The minimum atomic E-state index is -0.614. The van der Waals surface area contributed by atoms with E-state index in [2.05, 4.69) is 17.2 Å². The Morgan fingerprint density at radius 3 is 2.75 bits per heavy atom. The molecule has 6 nitrogen and oxygen atoms in total. The van der Waals surface area contributed by atoms with Crippen LogP contribution >= 0.6 is 0 Å². The monoisotopic (exact) mass is 326 g/mol. The van der Waals surface area contributed by atoms with E-state index in [9.17, 15) is 9.59 Å². The van der Waals surface area contributed by atoms with Crippen LogP contribution in [0.4, 0.5) is 5.69 Å². The normalized spacial score (nSPS) is 16.3. The first-order valence-electron chi connectivity index (χ1n) is 8.07. The number of rotatable bonds is 4. The van der Waals surface area contributed by atoms with Gasteiger partial charge in [0, 0.05) is 36.9 Å². The zero-order valence-corrected chi connectivity index (χ0v) is 14.2. The number of nitrogens with zero attached hydrogens (tertiary/aromatic N) is 3. The van der Waals surface area contributed by atoms with Gasteiger partial charge in [0.15, 0.2) is 0 Å². The van der Waals surface area contributed by atoms with Gasteiger partial charge in [0.05, 0.1) is 6.33 Å². The van der Waals surface area contributed by atoms with E-state index in [1.165, 1.54) is 0 Å². The predicted molar refractivity (Wildman–Crippen MR) is 91.8 cm³/mol. The molecular formula is C18H22N4O2. The number of anilines is 1. The molecule has 0 aliphatic heterocycles. The maximum atomic E-state index is 12.4. The van der Waals surface area contributed by atoms with E-state index in [-0.39, 0.29) is 11.5 Å². The maximum absolute atomic E-state index is 12.4. The minimum Gasteiger partial charge on any atom is -0.334 e. The average Bonchev–Trinajstić information content (AvgIpc) is 3.12. The van der Waals surface area contributed by atoms with Gasteiger partial charge in [0.1, 0.15) is 0 Å². The van der Waals surface area contributed by atoms with Crippen molar-refractivity contribution in [2.75, 3.05) is 12.4 Å². The first-order chi connectivity index (χ1) is 11.4. The van der Waals surface area contributed by atoms with Crippen LogP contribution in [0.15, 0.2) is 43.0 Å². The van der Waals surface area contributed by atoms with Gasteiger partial charge in [0.25, 0.3) is 0 Å². The summed E-state index contributed by atoms with van der Waals surface area (Å²) in [6.07, 6.45) is 7.38. The van der Waals surface area contributed by atoms with Crippen LogP contribution in [0.1, 0.15) is 26.7 Å². The molecule has 1 fully saturated rings. The Hall–Kier alpha value is -2.63. The lowest BCUT2D eigenvalue weighted by molar-refractivity contribution is -0.144. The molecule has 6 heteroatoms. The van der Waals surface area contributed by atoms with Crippen LogP contribution in [-0.2, 0) is 9.59 Å². The van der Waals surface area contributed by atoms with Gasteiger partial charge in [-0.05, 0) is 43.4 Å². The molecule has 24 heavy (non-hydrogen) atoms. The van der Waals surface area contributed by atoms with Crippen molar-refractivity contribution in [2.45, 2.75) is 32.7 Å². The number of aromatic nitrogens is 2. The summed E-state index contributed by atoms with van der Waals surface area (Å²) < 4.78 is 1.83. The van der Waals surface area contributed by atoms with Crippen molar-refractivity contribution in [3.63, 3.8) is 0 Å². The first-order valence-corrected chi connectivity index (χ1v) is 8.07. The number of nitrogens with one attached hydrogen (secondary N) is 1. The van der Waals surface area contributed by atoms with E-state index in [0.717, 1.165) is 18.5 Å². The van der Waals surface area contributed by atoms with E-state index < -0.39 is 11.8 Å². The van der Waals surface area contributed by atoms with Crippen LogP contribution in [0.3, 0.4) is 0 Å². The van der Waals surface area contributed by atoms with Crippen LogP contribution in [0.2, 0.25) is 0 Å². The lowest BCUT2D eigenvalue weighted by atomic mass is 9.99. The number of hydrogen-bond donors (Lipinski definition) is 1. The van der Waals surface area contributed by atoms with Crippen LogP contribution in [0.25, 0.3) is 5.69 Å². The molecule has 2 amide bonds. The number of imidazole rings is 1. The molecule has 1 N–H and O–H groups in total. The summed E-state index contributed by atoms with van der Waals surface area (Å²) in [5.74, 6) is -1.12. The van der Waals surface area contributed by atoms with Gasteiger partial charge < -0.3 is 14.8 Å². The highest BCUT2D eigenvalue weighted by Gasteiger charge is 2.45. The fourth-order valence-corrected chi connectivity index (χ4v) is 2.76. The fraction of sp³-hybridized carbons (Fsp3) is 0.389. The number of carbonyl (C=O) groups is 2. The molecule has 1 aromatic heterocycles. The zero-order chi connectivity index (χ0) is 17.3. The van der Waals surface area contributed by atoms with Crippen molar-refractivity contribution in [3.8, 4) is 5.69 Å². The molecule has 0 bridgehead atoms.